The Kier molecular flexibility index (Phi) is 6.20. The predicted octanol–water partition coefficient (Wildman–Crippen LogP) is 2.98. The van der Waals surface area contributed by atoms with Crippen molar-refractivity contribution >= 4 is 28.9 Å². The van der Waals surface area contributed by atoms with E-state index >= 15 is 0 Å². The van der Waals surface area contributed by atoms with Crippen molar-refractivity contribution in [1.29, 1.82) is 0 Å². The number of nitrogens with zero attached hydrogens (tertiary/aromatic N) is 3. The van der Waals surface area contributed by atoms with E-state index in [0.29, 0.717) is 37.0 Å². The number of carbonyl (C=O) groups is 1. The highest BCUT2D eigenvalue weighted by Gasteiger charge is 2.23. The van der Waals surface area contributed by atoms with Gasteiger partial charge in [0.1, 0.15) is 0 Å². The van der Waals surface area contributed by atoms with Crippen LogP contribution >= 0.6 is 11.6 Å². The molecule has 28 heavy (non-hydrogen) atoms. The second kappa shape index (κ2) is 8.79. The molecule has 1 fully saturated rings. The molecular formula is C19H20ClN3O5. The maximum absolute atomic E-state index is 12.5. The molecule has 2 aromatic rings. The summed E-state index contributed by atoms with van der Waals surface area (Å²) in [5, 5.41) is 11.6. The Bertz CT molecular complexity index is 868. The number of para-hydroxylation sites is 1. The second-order valence-corrected chi connectivity index (χ2v) is 6.61. The van der Waals surface area contributed by atoms with E-state index in [1.807, 2.05) is 24.3 Å². The fourth-order valence-electron chi connectivity index (χ4n) is 3.03. The van der Waals surface area contributed by atoms with Gasteiger partial charge in [-0.25, -0.2) is 0 Å². The molecule has 1 aliphatic rings. The van der Waals surface area contributed by atoms with Gasteiger partial charge in [-0.3, -0.25) is 14.9 Å². The third-order valence-electron chi connectivity index (χ3n) is 4.53. The van der Waals surface area contributed by atoms with E-state index in [0.717, 1.165) is 5.69 Å². The lowest BCUT2D eigenvalue weighted by atomic mass is 10.2. The lowest BCUT2D eigenvalue weighted by Crippen LogP contribution is -2.50. The second-order valence-electron chi connectivity index (χ2n) is 6.20. The van der Waals surface area contributed by atoms with E-state index in [1.165, 1.54) is 25.3 Å². The molecular weight excluding hydrogens is 386 g/mol. The first-order valence-electron chi connectivity index (χ1n) is 8.72. The number of rotatable bonds is 6. The van der Waals surface area contributed by atoms with Crippen molar-refractivity contribution < 1.29 is 19.2 Å². The van der Waals surface area contributed by atoms with Crippen molar-refractivity contribution in [3.63, 3.8) is 0 Å². The van der Waals surface area contributed by atoms with Gasteiger partial charge in [0.05, 0.1) is 28.8 Å². The molecule has 0 aliphatic carbocycles. The summed E-state index contributed by atoms with van der Waals surface area (Å²) in [4.78, 5) is 26.7. The summed E-state index contributed by atoms with van der Waals surface area (Å²) in [7, 11) is 1.43. The summed E-state index contributed by atoms with van der Waals surface area (Å²) in [5.41, 5.74) is 0.824. The average molecular weight is 406 g/mol. The van der Waals surface area contributed by atoms with Gasteiger partial charge in [-0.1, -0.05) is 23.7 Å². The molecule has 0 bridgehead atoms. The van der Waals surface area contributed by atoms with Gasteiger partial charge in [-0.15, -0.1) is 0 Å². The molecule has 1 amide bonds. The number of nitro groups is 1. The van der Waals surface area contributed by atoms with E-state index < -0.39 is 4.92 Å². The van der Waals surface area contributed by atoms with E-state index in [9.17, 15) is 14.9 Å². The first-order chi connectivity index (χ1) is 13.5. The number of hydrogen-bond donors (Lipinski definition) is 0. The third kappa shape index (κ3) is 4.45. The van der Waals surface area contributed by atoms with E-state index in [1.54, 1.807) is 4.90 Å². The van der Waals surface area contributed by atoms with Crippen LogP contribution in [0.1, 0.15) is 0 Å². The third-order valence-corrected chi connectivity index (χ3v) is 4.85. The molecule has 0 N–H and O–H groups in total. The zero-order valence-electron chi connectivity index (χ0n) is 15.3. The number of methoxy groups -OCH3 is 1. The smallest absolute Gasteiger partial charge is 0.273 e. The topological polar surface area (TPSA) is 85.2 Å². The number of carbonyl (C=O) groups excluding carboxylic acids is 1. The molecule has 148 valence electrons. The van der Waals surface area contributed by atoms with Crippen LogP contribution in [0.25, 0.3) is 0 Å². The average Bonchev–Trinajstić information content (AvgIpc) is 2.72. The molecule has 2 aromatic carbocycles. The summed E-state index contributed by atoms with van der Waals surface area (Å²) in [5.74, 6) is 0.314. The van der Waals surface area contributed by atoms with Gasteiger partial charge in [0, 0.05) is 32.2 Å². The maximum atomic E-state index is 12.5. The van der Waals surface area contributed by atoms with Crippen LogP contribution in [0.5, 0.6) is 11.5 Å². The Morgan fingerprint density at radius 1 is 1.14 bits per heavy atom. The van der Waals surface area contributed by atoms with Crippen molar-refractivity contribution in [2.45, 2.75) is 0 Å². The van der Waals surface area contributed by atoms with Gasteiger partial charge < -0.3 is 19.3 Å². The maximum Gasteiger partial charge on any atom is 0.273 e. The highest BCUT2D eigenvalue weighted by Crippen LogP contribution is 2.31. The Balaban J connectivity index is 1.57. The van der Waals surface area contributed by atoms with Gasteiger partial charge in [0.2, 0.25) is 0 Å². The van der Waals surface area contributed by atoms with Crippen LogP contribution in [0.4, 0.5) is 11.4 Å². The molecule has 0 radical (unpaired) electrons. The first kappa shape index (κ1) is 19.8. The molecule has 0 spiro atoms. The summed E-state index contributed by atoms with van der Waals surface area (Å²) >= 11 is 6.24. The zero-order chi connectivity index (χ0) is 20.1. The Morgan fingerprint density at radius 2 is 1.86 bits per heavy atom. The minimum Gasteiger partial charge on any atom is -0.493 e. The molecule has 3 rings (SSSR count). The molecule has 0 atom stereocenters. The van der Waals surface area contributed by atoms with Crippen molar-refractivity contribution in [3.8, 4) is 11.5 Å². The van der Waals surface area contributed by atoms with E-state index in [4.69, 9.17) is 21.1 Å². The number of halogens is 1. The molecule has 1 saturated heterocycles. The minimum atomic E-state index is -0.526. The number of hydrogen-bond acceptors (Lipinski definition) is 6. The predicted molar refractivity (Wildman–Crippen MR) is 105 cm³/mol. The Morgan fingerprint density at radius 3 is 2.50 bits per heavy atom. The van der Waals surface area contributed by atoms with Crippen molar-refractivity contribution in [2.75, 3.05) is 44.8 Å². The molecule has 9 heteroatoms. The zero-order valence-corrected chi connectivity index (χ0v) is 16.1. The minimum absolute atomic E-state index is 0.128. The van der Waals surface area contributed by atoms with E-state index in [-0.39, 0.29) is 24.0 Å². The van der Waals surface area contributed by atoms with Gasteiger partial charge >= 0.3 is 0 Å². The number of anilines is 1. The van der Waals surface area contributed by atoms with Crippen molar-refractivity contribution in [2.24, 2.45) is 0 Å². The monoisotopic (exact) mass is 405 g/mol. The van der Waals surface area contributed by atoms with E-state index in [2.05, 4.69) is 4.90 Å². The molecule has 0 saturated carbocycles. The van der Waals surface area contributed by atoms with Crippen LogP contribution in [0.15, 0.2) is 42.5 Å². The standard InChI is InChI=1S/C19H20ClN3O5/c1-27-17-7-6-14(23(25)26)12-18(17)28-13-19(24)22-10-8-21(9-11-22)16-5-3-2-4-15(16)20/h2-7,12H,8-11,13H2,1H3. The molecule has 1 heterocycles. The summed E-state index contributed by atoms with van der Waals surface area (Å²) < 4.78 is 10.6. The molecule has 8 nitrogen and oxygen atoms in total. The van der Waals surface area contributed by atoms with Crippen molar-refractivity contribution in [3.05, 3.63) is 57.6 Å². The molecule has 0 aromatic heterocycles. The molecule has 0 unspecified atom stereocenters. The number of nitro benzene ring substituents is 1. The quantitative estimate of drug-likeness (QED) is 0.542. The van der Waals surface area contributed by atoms with Crippen LogP contribution in [-0.4, -0.2) is 55.6 Å². The lowest BCUT2D eigenvalue weighted by molar-refractivity contribution is -0.385. The van der Waals surface area contributed by atoms with Crippen LogP contribution in [0, 0.1) is 10.1 Å². The largest absolute Gasteiger partial charge is 0.493 e. The van der Waals surface area contributed by atoms with Crippen LogP contribution < -0.4 is 14.4 Å². The van der Waals surface area contributed by atoms with Gasteiger partial charge in [-0.05, 0) is 18.2 Å². The highest BCUT2D eigenvalue weighted by atomic mass is 35.5. The fraction of sp³-hybridized carbons (Fsp3) is 0.316. The number of ether oxygens (including phenoxy) is 2. The van der Waals surface area contributed by atoms with Gasteiger partial charge in [0.25, 0.3) is 11.6 Å². The first-order valence-corrected chi connectivity index (χ1v) is 9.10. The van der Waals surface area contributed by atoms with Gasteiger partial charge in [0.15, 0.2) is 18.1 Å². The summed E-state index contributed by atoms with van der Waals surface area (Å²) in [6.07, 6.45) is 0. The Hall–Kier alpha value is -3.00. The highest BCUT2D eigenvalue weighted by molar-refractivity contribution is 6.33. The SMILES string of the molecule is COc1ccc([N+](=O)[O-])cc1OCC(=O)N1CCN(c2ccccc2Cl)CC1. The van der Waals surface area contributed by atoms with Gasteiger partial charge in [-0.2, -0.15) is 0 Å². The van der Waals surface area contributed by atoms with Crippen LogP contribution in [0.3, 0.4) is 0 Å². The Labute approximate surface area is 167 Å². The summed E-state index contributed by atoms with van der Waals surface area (Å²) in [6, 6.07) is 11.6. The number of piperazine rings is 1. The number of amides is 1. The normalized spacial score (nSPS) is 13.9. The lowest BCUT2D eigenvalue weighted by Gasteiger charge is -2.36. The molecule has 1 aliphatic heterocycles. The van der Waals surface area contributed by atoms with Crippen LogP contribution in [-0.2, 0) is 4.79 Å². The summed E-state index contributed by atoms with van der Waals surface area (Å²) in [6.45, 7) is 2.19. The van der Waals surface area contributed by atoms with Crippen molar-refractivity contribution in [1.82, 2.24) is 4.90 Å². The van der Waals surface area contributed by atoms with Crippen LogP contribution in [0.2, 0.25) is 5.02 Å². The number of benzene rings is 2. The number of non-ortho nitro benzene ring substituents is 1. The fourth-order valence-corrected chi connectivity index (χ4v) is 3.28.